The molecule has 0 spiro atoms. The molecule has 0 radical (unpaired) electrons. The third-order valence-electron chi connectivity index (χ3n) is 4.77. The Hall–Kier alpha value is -3.24. The number of nitrogens with zero attached hydrogens (tertiary/aromatic N) is 3. The highest BCUT2D eigenvalue weighted by Gasteiger charge is 2.20. The number of aromatic nitrogens is 3. The number of nitrogens with one attached hydrogen (secondary N) is 1. The van der Waals surface area contributed by atoms with Gasteiger partial charge in [0.15, 0.2) is 11.6 Å². The highest BCUT2D eigenvalue weighted by atomic mass is 35.5. The number of methoxy groups -OCH3 is 1. The van der Waals surface area contributed by atoms with E-state index in [1.807, 2.05) is 19.1 Å². The maximum absolute atomic E-state index is 14.9. The van der Waals surface area contributed by atoms with Crippen LogP contribution in [0.1, 0.15) is 26.3 Å². The molecule has 2 aromatic heterocycles. The lowest BCUT2D eigenvalue weighted by Gasteiger charge is -2.19. The number of fused-ring (bicyclic) bond motifs is 2. The maximum Gasteiger partial charge on any atom is 0.407 e. The summed E-state index contributed by atoms with van der Waals surface area (Å²) in [5.41, 5.74) is 2.76. The van der Waals surface area contributed by atoms with E-state index in [1.54, 1.807) is 33.0 Å². The van der Waals surface area contributed by atoms with Crippen LogP contribution in [-0.2, 0) is 4.74 Å². The van der Waals surface area contributed by atoms with Crippen molar-refractivity contribution in [3.8, 4) is 22.2 Å². The fraction of sp³-hybridized carbons (Fsp3) is 0.333. The lowest BCUT2D eigenvalue weighted by Crippen LogP contribution is -2.34. The van der Waals surface area contributed by atoms with Crippen molar-refractivity contribution in [1.82, 2.24) is 20.3 Å². The SMILES string of the molecule is COc1cnc2c(-c3nc4c(Cl)c(F)c(OCCNC(=O)OC(C)(C)C)cc4s3)cc(C)cc2n1. The van der Waals surface area contributed by atoms with E-state index in [1.165, 1.54) is 18.4 Å². The van der Waals surface area contributed by atoms with Gasteiger partial charge in [0.25, 0.3) is 0 Å². The van der Waals surface area contributed by atoms with E-state index in [4.69, 9.17) is 25.8 Å². The average molecular weight is 519 g/mol. The molecular formula is C24H24ClFN4O4S. The highest BCUT2D eigenvalue weighted by molar-refractivity contribution is 7.21. The van der Waals surface area contributed by atoms with Gasteiger partial charge >= 0.3 is 6.09 Å². The quantitative estimate of drug-likeness (QED) is 0.316. The van der Waals surface area contributed by atoms with Crippen molar-refractivity contribution in [3.63, 3.8) is 0 Å². The average Bonchev–Trinajstić information content (AvgIpc) is 3.21. The predicted molar refractivity (Wildman–Crippen MR) is 134 cm³/mol. The number of carbonyl (C=O) groups excluding carboxylic acids is 1. The molecule has 0 fully saturated rings. The number of thiazole rings is 1. The molecule has 0 saturated heterocycles. The molecule has 0 bridgehead atoms. The zero-order valence-corrected chi connectivity index (χ0v) is 21.4. The Morgan fingerprint density at radius 1 is 1.20 bits per heavy atom. The Balaban J connectivity index is 1.60. The van der Waals surface area contributed by atoms with Gasteiger partial charge in [-0.3, -0.25) is 0 Å². The van der Waals surface area contributed by atoms with Gasteiger partial charge in [0, 0.05) is 11.6 Å². The fourth-order valence-corrected chi connectivity index (χ4v) is 4.65. The molecule has 0 aliphatic heterocycles. The molecule has 8 nitrogen and oxygen atoms in total. The van der Waals surface area contributed by atoms with Gasteiger partial charge in [-0.2, -0.15) is 0 Å². The van der Waals surface area contributed by atoms with Crippen LogP contribution in [0.5, 0.6) is 11.6 Å². The van der Waals surface area contributed by atoms with E-state index in [2.05, 4.69) is 20.3 Å². The minimum absolute atomic E-state index is 0.0256. The summed E-state index contributed by atoms with van der Waals surface area (Å²) in [5, 5.41) is 3.05. The summed E-state index contributed by atoms with van der Waals surface area (Å²) in [5.74, 6) is -0.333. The summed E-state index contributed by atoms with van der Waals surface area (Å²) in [6.07, 6.45) is 0.964. The first kappa shape index (κ1) is 24.9. The maximum atomic E-state index is 14.9. The van der Waals surface area contributed by atoms with Crippen LogP contribution in [0.2, 0.25) is 5.02 Å². The number of ether oxygens (including phenoxy) is 3. The number of hydrogen-bond acceptors (Lipinski definition) is 8. The van der Waals surface area contributed by atoms with Crippen LogP contribution in [0.3, 0.4) is 0 Å². The Kier molecular flexibility index (Phi) is 6.95. The van der Waals surface area contributed by atoms with Crippen LogP contribution >= 0.6 is 22.9 Å². The molecule has 4 rings (SSSR count). The van der Waals surface area contributed by atoms with Gasteiger partial charge in [-0.1, -0.05) is 11.6 Å². The Morgan fingerprint density at radius 3 is 2.69 bits per heavy atom. The third-order valence-corrected chi connectivity index (χ3v) is 6.15. The second kappa shape index (κ2) is 9.79. The van der Waals surface area contributed by atoms with Crippen molar-refractivity contribution in [2.75, 3.05) is 20.3 Å². The number of halogens is 2. The number of amides is 1. The molecule has 2 aromatic carbocycles. The lowest BCUT2D eigenvalue weighted by atomic mass is 10.1. The summed E-state index contributed by atoms with van der Waals surface area (Å²) >= 11 is 7.65. The third kappa shape index (κ3) is 5.54. The first-order valence-electron chi connectivity index (χ1n) is 10.8. The standard InChI is InChI=1S/C24H24ClFN4O4S/c1-12-8-13(20-14(9-12)29-17(32-5)11-28-20)22-30-21-16(35-22)10-15(19(26)18(21)25)33-7-6-27-23(31)34-24(2,3)4/h8-11H,6-7H2,1-5H3,(H,27,31). The fourth-order valence-electron chi connectivity index (χ4n) is 3.34. The predicted octanol–water partition coefficient (Wildman–Crippen LogP) is 5.92. The van der Waals surface area contributed by atoms with E-state index >= 15 is 0 Å². The molecule has 11 heteroatoms. The van der Waals surface area contributed by atoms with Crippen molar-refractivity contribution in [2.45, 2.75) is 33.3 Å². The van der Waals surface area contributed by atoms with Crippen LogP contribution in [0, 0.1) is 12.7 Å². The first-order chi connectivity index (χ1) is 16.6. The molecule has 0 saturated carbocycles. The monoisotopic (exact) mass is 518 g/mol. The Bertz CT molecular complexity index is 1420. The topological polar surface area (TPSA) is 95.5 Å². The molecule has 2 heterocycles. The van der Waals surface area contributed by atoms with Gasteiger partial charge in [-0.15, -0.1) is 11.3 Å². The second-order valence-corrected chi connectivity index (χ2v) is 10.1. The van der Waals surface area contributed by atoms with Crippen molar-refractivity contribution in [2.24, 2.45) is 0 Å². The number of carbonyl (C=O) groups is 1. The molecule has 184 valence electrons. The molecule has 0 aliphatic rings. The van der Waals surface area contributed by atoms with Crippen LogP contribution in [-0.4, -0.2) is 46.9 Å². The number of hydrogen-bond donors (Lipinski definition) is 1. The zero-order valence-electron chi connectivity index (χ0n) is 19.9. The second-order valence-electron chi connectivity index (χ2n) is 8.74. The number of rotatable bonds is 6. The molecule has 0 aliphatic carbocycles. The smallest absolute Gasteiger partial charge is 0.407 e. The molecule has 0 unspecified atom stereocenters. The summed E-state index contributed by atoms with van der Waals surface area (Å²) in [4.78, 5) is 25.3. The number of alkyl carbamates (subject to hydrolysis) is 1. The van der Waals surface area contributed by atoms with Crippen molar-refractivity contribution in [1.29, 1.82) is 0 Å². The summed E-state index contributed by atoms with van der Waals surface area (Å²) < 4.78 is 31.5. The molecule has 1 amide bonds. The van der Waals surface area contributed by atoms with E-state index in [0.29, 0.717) is 32.1 Å². The van der Waals surface area contributed by atoms with Gasteiger partial charge in [0.1, 0.15) is 27.8 Å². The molecular weight excluding hydrogens is 495 g/mol. The summed E-state index contributed by atoms with van der Waals surface area (Å²) in [7, 11) is 1.53. The normalized spacial score (nSPS) is 11.6. The lowest BCUT2D eigenvalue weighted by molar-refractivity contribution is 0.0520. The van der Waals surface area contributed by atoms with Crippen LogP contribution in [0.15, 0.2) is 24.4 Å². The molecule has 35 heavy (non-hydrogen) atoms. The Labute approximate surface area is 210 Å². The van der Waals surface area contributed by atoms with Crippen LogP contribution in [0.25, 0.3) is 31.8 Å². The van der Waals surface area contributed by atoms with Gasteiger partial charge in [0.2, 0.25) is 5.88 Å². The van der Waals surface area contributed by atoms with Crippen LogP contribution in [0.4, 0.5) is 9.18 Å². The van der Waals surface area contributed by atoms with E-state index in [-0.39, 0.29) is 23.9 Å². The van der Waals surface area contributed by atoms with E-state index < -0.39 is 17.5 Å². The minimum Gasteiger partial charge on any atom is -0.489 e. The van der Waals surface area contributed by atoms with Crippen LogP contribution < -0.4 is 14.8 Å². The van der Waals surface area contributed by atoms with Crippen molar-refractivity contribution < 1.29 is 23.4 Å². The van der Waals surface area contributed by atoms with Crippen molar-refractivity contribution >= 4 is 50.3 Å². The van der Waals surface area contributed by atoms with Gasteiger partial charge in [-0.05, 0) is 45.4 Å². The minimum atomic E-state index is -0.716. The van der Waals surface area contributed by atoms with Crippen molar-refractivity contribution in [3.05, 3.63) is 40.8 Å². The molecule has 4 aromatic rings. The van der Waals surface area contributed by atoms with E-state index in [9.17, 15) is 9.18 Å². The number of aryl methyl sites for hydroxylation is 1. The number of benzene rings is 2. The zero-order chi connectivity index (χ0) is 25.3. The molecule has 0 atom stereocenters. The largest absolute Gasteiger partial charge is 0.489 e. The van der Waals surface area contributed by atoms with Gasteiger partial charge < -0.3 is 19.5 Å². The first-order valence-corrected chi connectivity index (χ1v) is 11.9. The van der Waals surface area contributed by atoms with Gasteiger partial charge in [-0.25, -0.2) is 24.1 Å². The Morgan fingerprint density at radius 2 is 1.97 bits per heavy atom. The summed E-state index contributed by atoms with van der Waals surface area (Å²) in [6.45, 7) is 7.41. The molecule has 1 N–H and O–H groups in total. The van der Waals surface area contributed by atoms with E-state index in [0.717, 1.165) is 11.1 Å². The summed E-state index contributed by atoms with van der Waals surface area (Å²) in [6, 6.07) is 5.41. The highest BCUT2D eigenvalue weighted by Crippen LogP contribution is 2.40. The van der Waals surface area contributed by atoms with Gasteiger partial charge in [0.05, 0.1) is 35.6 Å².